The fourth-order valence-corrected chi connectivity index (χ4v) is 5.58. The number of hydrogen-bond donors (Lipinski definition) is 1. The highest BCUT2D eigenvalue weighted by atomic mass is 35.5. The van der Waals surface area contributed by atoms with Gasteiger partial charge in [0.1, 0.15) is 5.75 Å². The second kappa shape index (κ2) is 9.44. The Hall–Kier alpha value is -3.81. The molecule has 4 aromatic rings. The first-order chi connectivity index (χ1) is 16.9. The molecule has 0 unspecified atom stereocenters. The van der Waals surface area contributed by atoms with Crippen LogP contribution in [0.5, 0.6) is 5.75 Å². The van der Waals surface area contributed by atoms with Gasteiger partial charge in [0.2, 0.25) is 0 Å². The Morgan fingerprint density at radius 3 is 2.29 bits per heavy atom. The van der Waals surface area contributed by atoms with Gasteiger partial charge in [0.05, 0.1) is 17.1 Å². The molecule has 1 atom stereocenters. The van der Waals surface area contributed by atoms with Crippen molar-refractivity contribution in [3.8, 4) is 16.9 Å². The molecule has 8 heteroatoms. The van der Waals surface area contributed by atoms with Crippen molar-refractivity contribution in [2.45, 2.75) is 11.0 Å². The lowest BCUT2D eigenvalue weighted by molar-refractivity contribution is -0.122. The summed E-state index contributed by atoms with van der Waals surface area (Å²) in [7, 11) is -3.97. The van der Waals surface area contributed by atoms with Crippen LogP contribution in [0.25, 0.3) is 11.1 Å². The molecule has 0 bridgehead atoms. The summed E-state index contributed by atoms with van der Waals surface area (Å²) >= 11 is 5.95. The Bertz CT molecular complexity index is 1470. The molecule has 0 saturated carbocycles. The monoisotopic (exact) mass is 504 g/mol. The van der Waals surface area contributed by atoms with E-state index in [1.807, 2.05) is 48.5 Å². The molecule has 0 aromatic heterocycles. The summed E-state index contributed by atoms with van der Waals surface area (Å²) < 4.78 is 34.2. The zero-order valence-electron chi connectivity index (χ0n) is 18.5. The topological polar surface area (TPSA) is 75.7 Å². The van der Waals surface area contributed by atoms with Crippen LogP contribution in [0.2, 0.25) is 5.02 Å². The highest BCUT2D eigenvalue weighted by molar-refractivity contribution is 7.92. The van der Waals surface area contributed by atoms with Crippen LogP contribution in [0.15, 0.2) is 108 Å². The minimum Gasteiger partial charge on any atom is -0.476 e. The maximum absolute atomic E-state index is 13.5. The van der Waals surface area contributed by atoms with E-state index in [1.54, 1.807) is 30.3 Å². The molecular weight excluding hydrogens is 484 g/mol. The second-order valence-corrected chi connectivity index (χ2v) is 10.3. The molecule has 0 radical (unpaired) electrons. The first-order valence-corrected chi connectivity index (χ1v) is 12.7. The van der Waals surface area contributed by atoms with Crippen molar-refractivity contribution >= 4 is 38.9 Å². The van der Waals surface area contributed by atoms with Gasteiger partial charge < -0.3 is 10.1 Å². The van der Waals surface area contributed by atoms with Crippen molar-refractivity contribution in [3.05, 3.63) is 108 Å². The molecule has 1 aliphatic heterocycles. The first kappa shape index (κ1) is 23.0. The van der Waals surface area contributed by atoms with Gasteiger partial charge >= 0.3 is 0 Å². The molecule has 35 heavy (non-hydrogen) atoms. The number of halogens is 1. The van der Waals surface area contributed by atoms with E-state index < -0.39 is 22.0 Å². The predicted molar refractivity (Wildman–Crippen MR) is 137 cm³/mol. The Labute approximate surface area is 208 Å². The van der Waals surface area contributed by atoms with E-state index in [-0.39, 0.29) is 11.4 Å². The van der Waals surface area contributed by atoms with Gasteiger partial charge in [-0.1, -0.05) is 72.3 Å². The number of anilines is 2. The zero-order valence-corrected chi connectivity index (χ0v) is 20.0. The number of carbonyl (C=O) groups is 1. The summed E-state index contributed by atoms with van der Waals surface area (Å²) in [5.41, 5.74) is 2.78. The molecule has 1 N–H and O–H groups in total. The first-order valence-electron chi connectivity index (χ1n) is 10.9. The Kier molecular flexibility index (Phi) is 6.19. The molecule has 0 saturated heterocycles. The Balaban J connectivity index is 1.46. The van der Waals surface area contributed by atoms with Crippen LogP contribution < -0.4 is 14.4 Å². The molecular formula is C27H21ClN2O4S. The maximum Gasteiger partial charge on any atom is 0.267 e. The van der Waals surface area contributed by atoms with Crippen LogP contribution in [0, 0.1) is 0 Å². The number of para-hydroxylation sites is 3. The fourth-order valence-electron chi connectivity index (χ4n) is 3.97. The van der Waals surface area contributed by atoms with Gasteiger partial charge in [-0.25, -0.2) is 8.42 Å². The van der Waals surface area contributed by atoms with Crippen molar-refractivity contribution in [2.75, 3.05) is 16.2 Å². The van der Waals surface area contributed by atoms with E-state index >= 15 is 0 Å². The van der Waals surface area contributed by atoms with Gasteiger partial charge in [0.15, 0.2) is 6.10 Å². The fraction of sp³-hybridized carbons (Fsp3) is 0.0741. The predicted octanol–water partition coefficient (Wildman–Crippen LogP) is 5.60. The molecule has 1 amide bonds. The molecule has 176 valence electrons. The van der Waals surface area contributed by atoms with E-state index in [1.165, 1.54) is 28.6 Å². The average Bonchev–Trinajstić information content (AvgIpc) is 2.89. The average molecular weight is 505 g/mol. The SMILES string of the molecule is O=C(Nc1ccccc1-c1ccccc1)[C@H]1CN(S(=O)(=O)c2ccc(Cl)cc2)c2ccccc2O1. The van der Waals surface area contributed by atoms with E-state index in [0.29, 0.717) is 22.1 Å². The number of nitrogens with zero attached hydrogens (tertiary/aromatic N) is 1. The van der Waals surface area contributed by atoms with Crippen LogP contribution in [0.4, 0.5) is 11.4 Å². The number of amides is 1. The van der Waals surface area contributed by atoms with Crippen molar-refractivity contribution in [1.82, 2.24) is 0 Å². The highest BCUT2D eigenvalue weighted by Crippen LogP contribution is 2.37. The number of benzene rings is 4. The van der Waals surface area contributed by atoms with Crippen LogP contribution >= 0.6 is 11.6 Å². The summed E-state index contributed by atoms with van der Waals surface area (Å²) in [5.74, 6) is -0.132. The van der Waals surface area contributed by atoms with E-state index in [9.17, 15) is 13.2 Å². The van der Waals surface area contributed by atoms with Crippen molar-refractivity contribution in [1.29, 1.82) is 0 Å². The number of sulfonamides is 1. The zero-order chi connectivity index (χ0) is 24.4. The third-order valence-corrected chi connectivity index (χ3v) is 7.74. The quantitative estimate of drug-likeness (QED) is 0.384. The Morgan fingerprint density at radius 2 is 1.51 bits per heavy atom. The number of rotatable bonds is 5. The van der Waals surface area contributed by atoms with Gasteiger partial charge in [-0.15, -0.1) is 0 Å². The Morgan fingerprint density at radius 1 is 0.857 bits per heavy atom. The number of hydrogen-bond acceptors (Lipinski definition) is 4. The summed E-state index contributed by atoms with van der Waals surface area (Å²) in [4.78, 5) is 13.4. The summed E-state index contributed by atoms with van der Waals surface area (Å²) in [5, 5.41) is 3.36. The van der Waals surface area contributed by atoms with Crippen molar-refractivity contribution in [2.24, 2.45) is 0 Å². The molecule has 1 heterocycles. The number of ether oxygens (including phenoxy) is 1. The summed E-state index contributed by atoms with van der Waals surface area (Å²) in [6, 6.07) is 29.8. The van der Waals surface area contributed by atoms with Crippen molar-refractivity contribution < 1.29 is 17.9 Å². The summed E-state index contributed by atoms with van der Waals surface area (Å²) in [6.45, 7) is -0.179. The van der Waals surface area contributed by atoms with E-state index in [0.717, 1.165) is 11.1 Å². The molecule has 0 fully saturated rings. The minimum atomic E-state index is -3.97. The minimum absolute atomic E-state index is 0.0761. The largest absolute Gasteiger partial charge is 0.476 e. The second-order valence-electron chi connectivity index (χ2n) is 7.97. The molecule has 4 aromatic carbocycles. The van der Waals surface area contributed by atoms with E-state index in [2.05, 4.69) is 5.32 Å². The van der Waals surface area contributed by atoms with Crippen LogP contribution in [-0.2, 0) is 14.8 Å². The van der Waals surface area contributed by atoms with Gasteiger partial charge in [-0.05, 0) is 48.0 Å². The lowest BCUT2D eigenvalue weighted by Gasteiger charge is -2.34. The number of fused-ring (bicyclic) bond motifs is 1. The third-order valence-electron chi connectivity index (χ3n) is 5.70. The number of nitrogens with one attached hydrogen (secondary N) is 1. The normalized spacial score (nSPS) is 15.1. The van der Waals surface area contributed by atoms with Gasteiger partial charge in [-0.2, -0.15) is 0 Å². The molecule has 0 aliphatic carbocycles. The smallest absolute Gasteiger partial charge is 0.267 e. The molecule has 6 nitrogen and oxygen atoms in total. The standard InChI is InChI=1S/C27H21ClN2O4S/c28-20-14-16-21(17-15-20)35(32,33)30-18-26(34-25-13-7-6-12-24(25)30)27(31)29-23-11-5-4-10-22(23)19-8-2-1-3-9-19/h1-17,26H,18H2,(H,29,31)/t26-/m1/s1. The molecule has 1 aliphatic rings. The summed E-state index contributed by atoms with van der Waals surface area (Å²) in [6.07, 6.45) is -1.06. The van der Waals surface area contributed by atoms with Crippen molar-refractivity contribution in [3.63, 3.8) is 0 Å². The van der Waals surface area contributed by atoms with Crippen LogP contribution in [0.3, 0.4) is 0 Å². The maximum atomic E-state index is 13.5. The van der Waals surface area contributed by atoms with Gasteiger partial charge in [0.25, 0.3) is 15.9 Å². The lowest BCUT2D eigenvalue weighted by atomic mass is 10.0. The number of carbonyl (C=O) groups excluding carboxylic acids is 1. The molecule has 0 spiro atoms. The van der Waals surface area contributed by atoms with Gasteiger partial charge in [-0.3, -0.25) is 9.10 Å². The van der Waals surface area contributed by atoms with Crippen LogP contribution in [-0.4, -0.2) is 27.0 Å². The molecule has 5 rings (SSSR count). The lowest BCUT2D eigenvalue weighted by Crippen LogP contribution is -2.48. The third kappa shape index (κ3) is 4.60. The van der Waals surface area contributed by atoms with Crippen LogP contribution in [0.1, 0.15) is 0 Å². The van der Waals surface area contributed by atoms with E-state index in [4.69, 9.17) is 16.3 Å². The highest BCUT2D eigenvalue weighted by Gasteiger charge is 2.37. The van der Waals surface area contributed by atoms with Gasteiger partial charge in [0, 0.05) is 16.3 Å².